The Morgan fingerprint density at radius 3 is 2.67 bits per heavy atom. The van der Waals surface area contributed by atoms with Crippen molar-refractivity contribution in [3.8, 4) is 23.0 Å². The first kappa shape index (κ1) is 18.7. The van der Waals surface area contributed by atoms with Crippen LogP contribution < -0.4 is 14.8 Å². The van der Waals surface area contributed by atoms with Crippen molar-refractivity contribution >= 4 is 23.4 Å². The second-order valence-corrected chi connectivity index (χ2v) is 6.43. The lowest BCUT2D eigenvalue weighted by Gasteiger charge is -2.10. The normalized spacial score (nSPS) is 10.5. The molecule has 0 saturated carbocycles. The van der Waals surface area contributed by atoms with Crippen LogP contribution in [0.25, 0.3) is 11.5 Å². The summed E-state index contributed by atoms with van der Waals surface area (Å²) in [4.78, 5) is 16.5. The van der Waals surface area contributed by atoms with Crippen molar-refractivity contribution in [1.82, 2.24) is 19.7 Å². The second kappa shape index (κ2) is 8.54. The van der Waals surface area contributed by atoms with Gasteiger partial charge in [-0.15, -0.1) is 10.2 Å². The second-order valence-electron chi connectivity index (χ2n) is 5.49. The van der Waals surface area contributed by atoms with Crippen molar-refractivity contribution in [3.05, 3.63) is 42.6 Å². The first-order valence-corrected chi connectivity index (χ1v) is 9.06. The van der Waals surface area contributed by atoms with Gasteiger partial charge in [-0.1, -0.05) is 17.8 Å². The van der Waals surface area contributed by atoms with Crippen LogP contribution in [0.15, 0.2) is 47.8 Å². The Morgan fingerprint density at radius 1 is 1.15 bits per heavy atom. The summed E-state index contributed by atoms with van der Waals surface area (Å²) in [5.74, 6) is 1.85. The molecule has 1 N–H and O–H groups in total. The van der Waals surface area contributed by atoms with Crippen LogP contribution in [-0.4, -0.2) is 45.6 Å². The molecule has 8 nitrogen and oxygen atoms in total. The summed E-state index contributed by atoms with van der Waals surface area (Å²) in [6, 6.07) is 10.8. The topological polar surface area (TPSA) is 91.2 Å². The number of rotatable bonds is 7. The summed E-state index contributed by atoms with van der Waals surface area (Å²) < 4.78 is 12.2. The van der Waals surface area contributed by atoms with Crippen molar-refractivity contribution in [2.45, 2.75) is 5.16 Å². The number of thioether (sulfide) groups is 1. The van der Waals surface area contributed by atoms with Crippen LogP contribution in [0.1, 0.15) is 0 Å². The molecule has 9 heteroatoms. The SMILES string of the molecule is COc1ccc(NC(=O)CSc2nnc(-c3ccccn3)n2C)cc1OC. The molecule has 0 saturated heterocycles. The average Bonchev–Trinajstić information content (AvgIpc) is 3.07. The molecule has 27 heavy (non-hydrogen) atoms. The molecule has 1 amide bonds. The van der Waals surface area contributed by atoms with Crippen LogP contribution in [0.4, 0.5) is 5.69 Å². The molecule has 0 fully saturated rings. The lowest BCUT2D eigenvalue weighted by Crippen LogP contribution is -2.14. The van der Waals surface area contributed by atoms with E-state index in [0.29, 0.717) is 28.2 Å². The van der Waals surface area contributed by atoms with Crippen molar-refractivity contribution < 1.29 is 14.3 Å². The van der Waals surface area contributed by atoms with Crippen LogP contribution in [0.2, 0.25) is 0 Å². The number of hydrogen-bond donors (Lipinski definition) is 1. The number of amides is 1. The van der Waals surface area contributed by atoms with Crippen LogP contribution in [0, 0.1) is 0 Å². The number of nitrogens with zero attached hydrogens (tertiary/aromatic N) is 4. The molecule has 0 spiro atoms. The van der Waals surface area contributed by atoms with Gasteiger partial charge in [-0.2, -0.15) is 0 Å². The molecule has 2 aromatic heterocycles. The van der Waals surface area contributed by atoms with Gasteiger partial charge < -0.3 is 19.4 Å². The Bertz CT molecular complexity index is 930. The number of carbonyl (C=O) groups excluding carboxylic acids is 1. The molecule has 0 radical (unpaired) electrons. The van der Waals surface area contributed by atoms with E-state index in [9.17, 15) is 4.79 Å². The molecule has 0 aliphatic heterocycles. The first-order valence-electron chi connectivity index (χ1n) is 8.08. The number of aromatic nitrogens is 4. The Labute approximate surface area is 160 Å². The first-order chi connectivity index (χ1) is 13.1. The lowest BCUT2D eigenvalue weighted by molar-refractivity contribution is -0.113. The maximum atomic E-state index is 12.3. The Hall–Kier alpha value is -3.07. The third kappa shape index (κ3) is 4.37. The Morgan fingerprint density at radius 2 is 1.96 bits per heavy atom. The zero-order chi connectivity index (χ0) is 19.2. The molecule has 2 heterocycles. The van der Waals surface area contributed by atoms with Crippen molar-refractivity contribution in [2.75, 3.05) is 25.3 Å². The summed E-state index contributed by atoms with van der Waals surface area (Å²) in [6.45, 7) is 0. The van der Waals surface area contributed by atoms with Gasteiger partial charge in [0.2, 0.25) is 5.91 Å². The van der Waals surface area contributed by atoms with E-state index < -0.39 is 0 Å². The van der Waals surface area contributed by atoms with E-state index in [0.717, 1.165) is 5.69 Å². The molecule has 3 rings (SSSR count). The molecule has 0 bridgehead atoms. The van der Waals surface area contributed by atoms with Gasteiger partial charge in [-0.05, 0) is 24.3 Å². The largest absolute Gasteiger partial charge is 0.493 e. The van der Waals surface area contributed by atoms with E-state index in [-0.39, 0.29) is 11.7 Å². The molecule has 140 valence electrons. The van der Waals surface area contributed by atoms with Crippen LogP contribution >= 0.6 is 11.8 Å². The van der Waals surface area contributed by atoms with Gasteiger partial charge >= 0.3 is 0 Å². The summed E-state index contributed by atoms with van der Waals surface area (Å²) in [5, 5.41) is 11.8. The third-order valence-electron chi connectivity index (χ3n) is 3.73. The van der Waals surface area contributed by atoms with Gasteiger partial charge in [-0.3, -0.25) is 9.78 Å². The molecule has 1 aromatic carbocycles. The molecule has 3 aromatic rings. The summed E-state index contributed by atoms with van der Waals surface area (Å²) >= 11 is 1.30. The van der Waals surface area contributed by atoms with Gasteiger partial charge in [0.15, 0.2) is 22.5 Å². The smallest absolute Gasteiger partial charge is 0.234 e. The van der Waals surface area contributed by atoms with Crippen molar-refractivity contribution in [1.29, 1.82) is 0 Å². The highest BCUT2D eigenvalue weighted by Crippen LogP contribution is 2.30. The quantitative estimate of drug-likeness (QED) is 0.625. The Kier molecular flexibility index (Phi) is 5.92. The van der Waals surface area contributed by atoms with Gasteiger partial charge in [0.05, 0.1) is 20.0 Å². The van der Waals surface area contributed by atoms with E-state index in [4.69, 9.17) is 9.47 Å². The fourth-order valence-electron chi connectivity index (χ4n) is 2.40. The fourth-order valence-corrected chi connectivity index (χ4v) is 3.11. The maximum absolute atomic E-state index is 12.3. The minimum absolute atomic E-state index is 0.158. The van der Waals surface area contributed by atoms with Gasteiger partial charge in [-0.25, -0.2) is 0 Å². The number of methoxy groups -OCH3 is 2. The van der Waals surface area contributed by atoms with Crippen LogP contribution in [0.5, 0.6) is 11.5 Å². The predicted molar refractivity (Wildman–Crippen MR) is 103 cm³/mol. The fraction of sp³-hybridized carbons (Fsp3) is 0.222. The van der Waals surface area contributed by atoms with Crippen molar-refractivity contribution in [3.63, 3.8) is 0 Å². The molecular formula is C18H19N5O3S. The third-order valence-corrected chi connectivity index (χ3v) is 4.75. The molecule has 0 unspecified atom stereocenters. The van der Waals surface area contributed by atoms with Gasteiger partial charge in [0.25, 0.3) is 0 Å². The zero-order valence-electron chi connectivity index (χ0n) is 15.2. The molecular weight excluding hydrogens is 366 g/mol. The Balaban J connectivity index is 1.62. The number of pyridine rings is 1. The predicted octanol–water partition coefficient (Wildman–Crippen LogP) is 2.63. The number of hydrogen-bond acceptors (Lipinski definition) is 7. The number of anilines is 1. The zero-order valence-corrected chi connectivity index (χ0v) is 16.0. The maximum Gasteiger partial charge on any atom is 0.234 e. The summed E-state index contributed by atoms with van der Waals surface area (Å²) in [5.41, 5.74) is 1.36. The molecule has 0 aliphatic rings. The standard InChI is InChI=1S/C18H19N5O3S/c1-23-17(13-6-4-5-9-19-13)21-22-18(23)27-11-16(24)20-12-7-8-14(25-2)15(10-12)26-3/h4-10H,11H2,1-3H3,(H,20,24). The van der Waals surface area contributed by atoms with E-state index in [1.54, 1.807) is 38.6 Å². The summed E-state index contributed by atoms with van der Waals surface area (Å²) in [6.07, 6.45) is 1.70. The van der Waals surface area contributed by atoms with Gasteiger partial charge in [0, 0.05) is 25.0 Å². The molecule has 0 atom stereocenters. The minimum atomic E-state index is -0.158. The van der Waals surface area contributed by atoms with E-state index in [2.05, 4.69) is 20.5 Å². The minimum Gasteiger partial charge on any atom is -0.493 e. The number of carbonyl (C=O) groups is 1. The highest BCUT2D eigenvalue weighted by molar-refractivity contribution is 7.99. The number of nitrogens with one attached hydrogen (secondary N) is 1. The monoisotopic (exact) mass is 385 g/mol. The molecule has 0 aliphatic carbocycles. The summed E-state index contributed by atoms with van der Waals surface area (Å²) in [7, 11) is 4.96. The highest BCUT2D eigenvalue weighted by Gasteiger charge is 2.14. The average molecular weight is 385 g/mol. The van der Waals surface area contributed by atoms with Crippen LogP contribution in [-0.2, 0) is 11.8 Å². The van der Waals surface area contributed by atoms with E-state index in [1.165, 1.54) is 11.8 Å². The van der Waals surface area contributed by atoms with E-state index in [1.807, 2.05) is 29.8 Å². The van der Waals surface area contributed by atoms with Crippen molar-refractivity contribution in [2.24, 2.45) is 7.05 Å². The van der Waals surface area contributed by atoms with E-state index >= 15 is 0 Å². The number of benzene rings is 1. The lowest BCUT2D eigenvalue weighted by atomic mass is 10.2. The van der Waals surface area contributed by atoms with Gasteiger partial charge in [0.1, 0.15) is 5.69 Å². The highest BCUT2D eigenvalue weighted by atomic mass is 32.2. The number of ether oxygens (including phenoxy) is 2. The van der Waals surface area contributed by atoms with Crippen LogP contribution in [0.3, 0.4) is 0 Å².